The fourth-order valence-electron chi connectivity index (χ4n) is 5.01. The maximum Gasteiger partial charge on any atom is 0.317 e. The van der Waals surface area contributed by atoms with E-state index in [1.54, 1.807) is 14.2 Å². The van der Waals surface area contributed by atoms with Gasteiger partial charge in [-0.15, -0.1) is 0 Å². The van der Waals surface area contributed by atoms with Crippen molar-refractivity contribution in [3.63, 3.8) is 0 Å². The van der Waals surface area contributed by atoms with E-state index in [1.165, 1.54) is 23.8 Å². The zero-order valence-electron chi connectivity index (χ0n) is 15.1. The maximum absolute atomic E-state index is 13.0. The molecule has 1 aromatic rings. The van der Waals surface area contributed by atoms with Gasteiger partial charge < -0.3 is 14.2 Å². The van der Waals surface area contributed by atoms with Crippen molar-refractivity contribution in [2.24, 2.45) is 5.41 Å². The number of hydrogen-bond acceptors (Lipinski definition) is 5. The van der Waals surface area contributed by atoms with Gasteiger partial charge >= 0.3 is 5.97 Å². The van der Waals surface area contributed by atoms with Crippen molar-refractivity contribution in [3.8, 4) is 11.5 Å². The van der Waals surface area contributed by atoms with Crippen molar-refractivity contribution in [1.29, 1.82) is 0 Å². The van der Waals surface area contributed by atoms with Crippen LogP contribution in [-0.4, -0.2) is 45.3 Å². The van der Waals surface area contributed by atoms with E-state index in [-0.39, 0.29) is 12.0 Å². The summed E-state index contributed by atoms with van der Waals surface area (Å²) in [7, 11) is 4.82. The number of nitrogens with zero attached hydrogens (tertiary/aromatic N) is 1. The van der Waals surface area contributed by atoms with Crippen molar-refractivity contribution < 1.29 is 19.0 Å². The van der Waals surface area contributed by atoms with E-state index in [0.29, 0.717) is 0 Å². The molecule has 5 nitrogen and oxygen atoms in total. The molecule has 0 radical (unpaired) electrons. The van der Waals surface area contributed by atoms with Gasteiger partial charge in [0.2, 0.25) is 0 Å². The molecular formula is C20H25NO4. The van der Waals surface area contributed by atoms with E-state index in [4.69, 9.17) is 14.2 Å². The van der Waals surface area contributed by atoms with Gasteiger partial charge in [0.05, 0.1) is 27.4 Å². The Morgan fingerprint density at radius 1 is 1.20 bits per heavy atom. The van der Waals surface area contributed by atoms with Crippen molar-refractivity contribution in [2.75, 3.05) is 34.4 Å². The second kappa shape index (κ2) is 6.06. The maximum atomic E-state index is 13.0. The minimum atomic E-state index is -0.554. The van der Waals surface area contributed by atoms with Crippen LogP contribution < -0.4 is 9.47 Å². The molecule has 0 unspecified atom stereocenters. The zero-order chi connectivity index (χ0) is 17.6. The van der Waals surface area contributed by atoms with E-state index in [9.17, 15) is 4.79 Å². The molecule has 3 aliphatic rings. The lowest BCUT2D eigenvalue weighted by atomic mass is 9.67. The molecule has 1 aliphatic carbocycles. The van der Waals surface area contributed by atoms with Crippen LogP contribution >= 0.6 is 0 Å². The highest BCUT2D eigenvalue weighted by Gasteiger charge is 2.58. The first kappa shape index (κ1) is 16.5. The number of esters is 1. The average molecular weight is 343 g/mol. The molecule has 2 atom stereocenters. The number of rotatable bonds is 3. The molecule has 0 amide bonds. The molecule has 0 N–H and O–H groups in total. The van der Waals surface area contributed by atoms with Gasteiger partial charge in [-0.2, -0.15) is 0 Å². The first-order valence-corrected chi connectivity index (χ1v) is 8.92. The molecule has 0 aromatic heterocycles. The van der Waals surface area contributed by atoms with Gasteiger partial charge in [-0.25, -0.2) is 0 Å². The van der Waals surface area contributed by atoms with Crippen LogP contribution in [0.2, 0.25) is 0 Å². The number of fused-ring (bicyclic) bond motifs is 5. The lowest BCUT2D eigenvalue weighted by Crippen LogP contribution is -2.43. The second-order valence-electron chi connectivity index (χ2n) is 7.11. The highest BCUT2D eigenvalue weighted by Crippen LogP contribution is 2.58. The molecule has 1 saturated heterocycles. The molecular weight excluding hydrogens is 318 g/mol. The third kappa shape index (κ3) is 2.21. The predicted octanol–water partition coefficient (Wildman–Crippen LogP) is 2.89. The average Bonchev–Trinajstić information content (AvgIpc) is 3.01. The fraction of sp³-hybridized carbons (Fsp3) is 0.550. The first-order valence-electron chi connectivity index (χ1n) is 8.92. The van der Waals surface area contributed by atoms with Crippen molar-refractivity contribution in [2.45, 2.75) is 31.7 Å². The molecule has 4 rings (SSSR count). The summed E-state index contributed by atoms with van der Waals surface area (Å²) in [4.78, 5) is 15.4. The number of benzene rings is 1. The summed E-state index contributed by atoms with van der Waals surface area (Å²) in [6, 6.07) is 4.16. The molecule has 0 bridgehead atoms. The van der Waals surface area contributed by atoms with Gasteiger partial charge in [0.25, 0.3) is 0 Å². The minimum Gasteiger partial charge on any atom is -0.493 e. The summed E-state index contributed by atoms with van der Waals surface area (Å²) >= 11 is 0. The summed E-state index contributed by atoms with van der Waals surface area (Å²) in [5.74, 6) is 1.36. The van der Waals surface area contributed by atoms with Crippen LogP contribution in [0.1, 0.15) is 36.4 Å². The molecule has 25 heavy (non-hydrogen) atoms. The van der Waals surface area contributed by atoms with Gasteiger partial charge in [0, 0.05) is 13.1 Å². The quantitative estimate of drug-likeness (QED) is 0.624. The second-order valence-corrected chi connectivity index (χ2v) is 7.11. The summed E-state index contributed by atoms with van der Waals surface area (Å²) in [5.41, 5.74) is 3.11. The highest BCUT2D eigenvalue weighted by molar-refractivity contribution is 5.83. The van der Waals surface area contributed by atoms with Crippen LogP contribution in [0.25, 0.3) is 0 Å². The Balaban J connectivity index is 1.90. The summed E-state index contributed by atoms with van der Waals surface area (Å²) in [6.07, 6.45) is 6.13. The molecule has 2 heterocycles. The molecule has 0 saturated carbocycles. The van der Waals surface area contributed by atoms with Crippen molar-refractivity contribution in [3.05, 3.63) is 34.9 Å². The Kier molecular flexibility index (Phi) is 3.99. The Morgan fingerprint density at radius 2 is 1.96 bits per heavy atom. The van der Waals surface area contributed by atoms with E-state index in [1.807, 2.05) is 0 Å². The van der Waals surface area contributed by atoms with E-state index in [0.717, 1.165) is 50.3 Å². The Hall–Kier alpha value is -2.01. The molecule has 1 aromatic carbocycles. The summed E-state index contributed by atoms with van der Waals surface area (Å²) < 4.78 is 16.3. The van der Waals surface area contributed by atoms with Crippen molar-refractivity contribution in [1.82, 2.24) is 4.90 Å². The van der Waals surface area contributed by atoms with E-state index < -0.39 is 5.41 Å². The van der Waals surface area contributed by atoms with Gasteiger partial charge in [0.15, 0.2) is 11.5 Å². The minimum absolute atomic E-state index is 0.0232. The normalized spacial score (nSPS) is 27.6. The SMILES string of the molecule is COC(=O)[C@@]12CCCC=C1CN1CCc3cc(OC)c(OC)cc3[C@@H]12. The predicted molar refractivity (Wildman–Crippen MR) is 93.9 cm³/mol. The fourth-order valence-corrected chi connectivity index (χ4v) is 5.01. The lowest BCUT2D eigenvalue weighted by molar-refractivity contribution is -0.153. The molecule has 2 aliphatic heterocycles. The highest BCUT2D eigenvalue weighted by atomic mass is 16.5. The Morgan fingerprint density at radius 3 is 2.68 bits per heavy atom. The first-order chi connectivity index (χ1) is 12.2. The standard InChI is InChI=1S/C20H25NO4/c1-23-16-10-13-7-9-21-12-14-6-4-5-8-20(14,19(22)25-3)18(21)15(13)11-17(16)24-2/h6,10-11,18H,4-5,7-9,12H2,1-3H3/t18-,20+/m1/s1. The number of hydrogen-bond donors (Lipinski definition) is 0. The molecule has 5 heteroatoms. The number of carbonyl (C=O) groups is 1. The summed E-state index contributed by atoms with van der Waals surface area (Å²) in [5, 5.41) is 0. The number of carbonyl (C=O) groups excluding carboxylic acids is 1. The van der Waals surface area contributed by atoms with Gasteiger partial charge in [-0.1, -0.05) is 6.08 Å². The molecule has 1 fully saturated rings. The molecule has 0 spiro atoms. The van der Waals surface area contributed by atoms with Crippen LogP contribution in [-0.2, 0) is 16.0 Å². The number of allylic oxidation sites excluding steroid dienone is 1. The van der Waals surface area contributed by atoms with Gasteiger partial charge in [0.1, 0.15) is 5.41 Å². The molecule has 134 valence electrons. The van der Waals surface area contributed by atoms with Crippen LogP contribution in [0.3, 0.4) is 0 Å². The third-order valence-electron chi connectivity index (χ3n) is 6.10. The number of ether oxygens (including phenoxy) is 3. The lowest BCUT2D eigenvalue weighted by Gasteiger charge is -2.41. The van der Waals surface area contributed by atoms with Crippen molar-refractivity contribution >= 4 is 5.97 Å². The smallest absolute Gasteiger partial charge is 0.317 e. The van der Waals surface area contributed by atoms with Gasteiger partial charge in [-0.3, -0.25) is 9.69 Å². The largest absolute Gasteiger partial charge is 0.493 e. The topological polar surface area (TPSA) is 48.0 Å². The Labute approximate surface area is 148 Å². The third-order valence-corrected chi connectivity index (χ3v) is 6.10. The monoisotopic (exact) mass is 343 g/mol. The zero-order valence-corrected chi connectivity index (χ0v) is 15.1. The Bertz CT molecular complexity index is 741. The van der Waals surface area contributed by atoms with E-state index in [2.05, 4.69) is 23.1 Å². The number of methoxy groups -OCH3 is 3. The van der Waals surface area contributed by atoms with Crippen LogP contribution in [0.4, 0.5) is 0 Å². The van der Waals surface area contributed by atoms with Crippen LogP contribution in [0.15, 0.2) is 23.8 Å². The van der Waals surface area contributed by atoms with Gasteiger partial charge in [-0.05, 0) is 54.5 Å². The summed E-state index contributed by atoms with van der Waals surface area (Å²) in [6.45, 7) is 1.80. The van der Waals surface area contributed by atoms with Crippen LogP contribution in [0.5, 0.6) is 11.5 Å². The van der Waals surface area contributed by atoms with E-state index >= 15 is 0 Å². The van der Waals surface area contributed by atoms with Crippen LogP contribution in [0, 0.1) is 5.41 Å².